The highest BCUT2D eigenvalue weighted by molar-refractivity contribution is 5.85. The lowest BCUT2D eigenvalue weighted by Crippen LogP contribution is -2.44. The van der Waals surface area contributed by atoms with Crippen molar-refractivity contribution >= 4 is 11.8 Å². The van der Waals surface area contributed by atoms with E-state index in [2.05, 4.69) is 17.6 Å². The first-order chi connectivity index (χ1) is 8.63. The Bertz CT molecular complexity index is 273. The van der Waals surface area contributed by atoms with E-state index >= 15 is 0 Å². The summed E-state index contributed by atoms with van der Waals surface area (Å²) in [6.45, 7) is 2.00. The van der Waals surface area contributed by atoms with Crippen LogP contribution in [0.15, 0.2) is 0 Å². The molecule has 1 atom stereocenters. The largest absolute Gasteiger partial charge is 0.352 e. The summed E-state index contributed by atoms with van der Waals surface area (Å²) in [4.78, 5) is 22.6. The number of nitrogens with two attached hydrogens (primary N) is 1. The van der Waals surface area contributed by atoms with Gasteiger partial charge in [0.15, 0.2) is 0 Å². The minimum absolute atomic E-state index is 0.0209. The molecule has 1 rings (SSSR count). The fourth-order valence-electron chi connectivity index (χ4n) is 2.48. The average molecular weight is 255 g/mol. The molecule has 1 aliphatic carbocycles. The molecule has 4 N–H and O–H groups in total. The third-order valence-electron chi connectivity index (χ3n) is 3.63. The summed E-state index contributed by atoms with van der Waals surface area (Å²) >= 11 is 0. The highest BCUT2D eigenvalue weighted by Gasteiger charge is 2.20. The molecule has 0 aromatic carbocycles. The topological polar surface area (TPSA) is 84.2 Å². The quantitative estimate of drug-likeness (QED) is 0.627. The highest BCUT2D eigenvalue weighted by Crippen LogP contribution is 2.25. The minimum Gasteiger partial charge on any atom is -0.352 e. The van der Waals surface area contributed by atoms with Crippen molar-refractivity contribution in [3.8, 4) is 0 Å². The minimum atomic E-state index is -0.299. The van der Waals surface area contributed by atoms with E-state index in [1.807, 2.05) is 0 Å². The van der Waals surface area contributed by atoms with Crippen LogP contribution in [0.4, 0.5) is 0 Å². The Hall–Kier alpha value is -1.10. The molecular formula is C13H25N3O2. The van der Waals surface area contributed by atoms with Gasteiger partial charge in [-0.1, -0.05) is 25.7 Å². The Morgan fingerprint density at radius 3 is 2.33 bits per heavy atom. The maximum Gasteiger partial charge on any atom is 0.239 e. The predicted octanol–water partition coefficient (Wildman–Crippen LogP) is 0.536. The molecule has 0 bridgehead atoms. The zero-order chi connectivity index (χ0) is 13.4. The number of hydrogen-bond donors (Lipinski definition) is 3. The van der Waals surface area contributed by atoms with E-state index in [1.54, 1.807) is 0 Å². The number of carbonyl (C=O) groups is 2. The molecule has 0 spiro atoms. The van der Waals surface area contributed by atoms with Crippen molar-refractivity contribution in [3.63, 3.8) is 0 Å². The molecule has 0 aliphatic heterocycles. The van der Waals surface area contributed by atoms with Gasteiger partial charge in [-0.25, -0.2) is 0 Å². The summed E-state index contributed by atoms with van der Waals surface area (Å²) in [5, 5.41) is 5.44. The summed E-state index contributed by atoms with van der Waals surface area (Å²) in [7, 11) is 0. The molecule has 104 valence electrons. The van der Waals surface area contributed by atoms with Crippen LogP contribution in [0, 0.1) is 5.92 Å². The van der Waals surface area contributed by atoms with Crippen molar-refractivity contribution in [3.05, 3.63) is 0 Å². The normalized spacial score (nSPS) is 18.8. The SMILES string of the molecule is C[C@H](NC(=O)CNC(=O)CN)C1CCCCCC1. The smallest absolute Gasteiger partial charge is 0.239 e. The van der Waals surface area contributed by atoms with Crippen LogP contribution in [0.3, 0.4) is 0 Å². The third kappa shape index (κ3) is 5.49. The van der Waals surface area contributed by atoms with Gasteiger partial charge in [0.25, 0.3) is 0 Å². The lowest BCUT2D eigenvalue weighted by atomic mass is 9.93. The molecule has 5 heteroatoms. The van der Waals surface area contributed by atoms with Gasteiger partial charge in [-0.05, 0) is 25.7 Å². The monoisotopic (exact) mass is 255 g/mol. The van der Waals surface area contributed by atoms with Gasteiger partial charge >= 0.3 is 0 Å². The maximum atomic E-state index is 11.6. The fraction of sp³-hybridized carbons (Fsp3) is 0.846. The van der Waals surface area contributed by atoms with Crippen LogP contribution in [-0.4, -0.2) is 30.9 Å². The third-order valence-corrected chi connectivity index (χ3v) is 3.63. The first-order valence-electron chi connectivity index (χ1n) is 6.89. The summed E-state index contributed by atoms with van der Waals surface area (Å²) in [6.07, 6.45) is 7.52. The van der Waals surface area contributed by atoms with Crippen molar-refractivity contribution in [2.45, 2.75) is 51.5 Å². The number of nitrogens with one attached hydrogen (secondary N) is 2. The Labute approximate surface area is 109 Å². The fourth-order valence-corrected chi connectivity index (χ4v) is 2.48. The van der Waals surface area contributed by atoms with Gasteiger partial charge in [0.1, 0.15) is 0 Å². The van der Waals surface area contributed by atoms with Gasteiger partial charge in [0.2, 0.25) is 11.8 Å². The summed E-state index contributed by atoms with van der Waals surface area (Å²) in [5.74, 6) is 0.141. The molecule has 0 heterocycles. The van der Waals surface area contributed by atoms with Gasteiger partial charge in [-0.2, -0.15) is 0 Å². The zero-order valence-corrected chi connectivity index (χ0v) is 11.2. The van der Waals surface area contributed by atoms with Crippen molar-refractivity contribution in [2.75, 3.05) is 13.1 Å². The predicted molar refractivity (Wildman–Crippen MR) is 70.9 cm³/mol. The van der Waals surface area contributed by atoms with E-state index in [0.717, 1.165) is 0 Å². The number of amides is 2. The van der Waals surface area contributed by atoms with E-state index in [1.165, 1.54) is 38.5 Å². The second kappa shape index (κ2) is 8.08. The molecule has 1 aliphatic rings. The van der Waals surface area contributed by atoms with Crippen LogP contribution in [0.25, 0.3) is 0 Å². The Balaban J connectivity index is 2.27. The lowest BCUT2D eigenvalue weighted by molar-refractivity contribution is -0.125. The molecule has 0 radical (unpaired) electrons. The molecule has 2 amide bonds. The van der Waals surface area contributed by atoms with Gasteiger partial charge in [0, 0.05) is 6.04 Å². The second-order valence-corrected chi connectivity index (χ2v) is 5.09. The first-order valence-corrected chi connectivity index (χ1v) is 6.89. The van der Waals surface area contributed by atoms with Crippen molar-refractivity contribution in [1.29, 1.82) is 0 Å². The Kier molecular flexibility index (Phi) is 6.72. The van der Waals surface area contributed by atoms with Crippen molar-refractivity contribution < 1.29 is 9.59 Å². The van der Waals surface area contributed by atoms with Gasteiger partial charge in [0.05, 0.1) is 13.1 Å². The lowest BCUT2D eigenvalue weighted by Gasteiger charge is -2.23. The molecule has 0 unspecified atom stereocenters. The molecule has 18 heavy (non-hydrogen) atoms. The van der Waals surface area contributed by atoms with E-state index in [4.69, 9.17) is 5.73 Å². The molecule has 1 fully saturated rings. The number of hydrogen-bond acceptors (Lipinski definition) is 3. The van der Waals surface area contributed by atoms with Crippen LogP contribution in [0.2, 0.25) is 0 Å². The molecule has 0 aromatic rings. The molecular weight excluding hydrogens is 230 g/mol. The van der Waals surface area contributed by atoms with Gasteiger partial charge in [-0.3, -0.25) is 9.59 Å². The van der Waals surface area contributed by atoms with E-state index in [9.17, 15) is 9.59 Å². The molecule has 0 saturated heterocycles. The number of rotatable bonds is 5. The molecule has 1 saturated carbocycles. The summed E-state index contributed by atoms with van der Waals surface area (Å²) in [6, 6.07) is 0.186. The first kappa shape index (κ1) is 15.0. The standard InChI is InChI=1S/C13H25N3O2/c1-10(11-6-4-2-3-5-7-11)16-13(18)9-15-12(17)8-14/h10-11H,2-9,14H2,1H3,(H,15,17)(H,16,18)/t10-/m0/s1. The van der Waals surface area contributed by atoms with Crippen LogP contribution in [0.5, 0.6) is 0 Å². The van der Waals surface area contributed by atoms with E-state index < -0.39 is 0 Å². The number of carbonyl (C=O) groups excluding carboxylic acids is 2. The van der Waals surface area contributed by atoms with Crippen LogP contribution in [0.1, 0.15) is 45.4 Å². The Morgan fingerprint density at radius 1 is 1.17 bits per heavy atom. The van der Waals surface area contributed by atoms with Crippen LogP contribution in [-0.2, 0) is 9.59 Å². The molecule has 0 aromatic heterocycles. The average Bonchev–Trinajstić information content (AvgIpc) is 2.64. The molecule has 5 nitrogen and oxygen atoms in total. The maximum absolute atomic E-state index is 11.6. The summed E-state index contributed by atoms with van der Waals surface area (Å²) in [5.41, 5.74) is 5.15. The Morgan fingerprint density at radius 2 is 1.78 bits per heavy atom. The zero-order valence-electron chi connectivity index (χ0n) is 11.2. The van der Waals surface area contributed by atoms with Crippen molar-refractivity contribution in [1.82, 2.24) is 10.6 Å². The second-order valence-electron chi connectivity index (χ2n) is 5.09. The van der Waals surface area contributed by atoms with Crippen LogP contribution >= 0.6 is 0 Å². The highest BCUT2D eigenvalue weighted by atomic mass is 16.2. The van der Waals surface area contributed by atoms with E-state index in [0.29, 0.717) is 5.92 Å². The summed E-state index contributed by atoms with van der Waals surface area (Å²) < 4.78 is 0. The van der Waals surface area contributed by atoms with Gasteiger partial charge in [-0.15, -0.1) is 0 Å². The van der Waals surface area contributed by atoms with Crippen LogP contribution < -0.4 is 16.4 Å². The van der Waals surface area contributed by atoms with E-state index in [-0.39, 0.29) is 30.9 Å². The van der Waals surface area contributed by atoms with Gasteiger partial charge < -0.3 is 16.4 Å². The van der Waals surface area contributed by atoms with Crippen molar-refractivity contribution in [2.24, 2.45) is 11.7 Å².